The molecule has 0 radical (unpaired) electrons. The van der Waals surface area contributed by atoms with Crippen molar-refractivity contribution in [3.63, 3.8) is 0 Å². The Labute approximate surface area is 87.1 Å². The van der Waals surface area contributed by atoms with Gasteiger partial charge in [0.05, 0.1) is 11.8 Å². The highest BCUT2D eigenvalue weighted by Crippen LogP contribution is 2.14. The van der Waals surface area contributed by atoms with Crippen molar-refractivity contribution in [3.05, 3.63) is 54.6 Å². The zero-order valence-corrected chi connectivity index (χ0v) is 7.91. The molecule has 0 saturated carbocycles. The summed E-state index contributed by atoms with van der Waals surface area (Å²) in [4.78, 5) is 3.85. The van der Waals surface area contributed by atoms with Crippen molar-refractivity contribution in [2.24, 2.45) is 0 Å². The third-order valence-electron chi connectivity index (χ3n) is 1.94. The zero-order valence-electron chi connectivity index (χ0n) is 7.91. The lowest BCUT2D eigenvalue weighted by Crippen LogP contribution is -1.98. The predicted octanol–water partition coefficient (Wildman–Crippen LogP) is 1.69. The highest BCUT2D eigenvalue weighted by molar-refractivity contribution is 5.66. The number of nitrogens with zero attached hydrogens (tertiary/aromatic N) is 4. The minimum absolute atomic E-state index is 0.718. The second kappa shape index (κ2) is 4.20. The van der Waals surface area contributed by atoms with Crippen LogP contribution in [-0.2, 0) is 0 Å². The molecule has 0 N–H and O–H groups in total. The fraction of sp³-hybridized carbons (Fsp3) is 0. The number of allylic oxidation sites excluding steroid dienone is 1. The minimum Gasteiger partial charge on any atom is -0.223 e. The molecular weight excluding hydrogens is 188 g/mol. The van der Waals surface area contributed by atoms with Gasteiger partial charge in [-0.05, 0) is 0 Å². The first-order valence-electron chi connectivity index (χ1n) is 4.42. The second-order valence-corrected chi connectivity index (χ2v) is 2.86. The monoisotopic (exact) mass is 196 g/mol. The van der Waals surface area contributed by atoms with Crippen molar-refractivity contribution in [1.82, 2.24) is 14.8 Å². The van der Waals surface area contributed by atoms with Gasteiger partial charge in [0.2, 0.25) is 0 Å². The van der Waals surface area contributed by atoms with Crippen LogP contribution in [0.2, 0.25) is 0 Å². The molecule has 0 aliphatic heterocycles. The molecule has 1 heterocycles. The van der Waals surface area contributed by atoms with E-state index in [0.717, 1.165) is 11.3 Å². The first-order valence-corrected chi connectivity index (χ1v) is 4.42. The Kier molecular flexibility index (Phi) is 2.56. The lowest BCUT2D eigenvalue weighted by Gasteiger charge is -2.04. The van der Waals surface area contributed by atoms with Crippen molar-refractivity contribution in [2.45, 2.75) is 0 Å². The minimum atomic E-state index is 0.718. The Morgan fingerprint density at radius 1 is 1.33 bits per heavy atom. The van der Waals surface area contributed by atoms with Crippen LogP contribution in [0.4, 0.5) is 0 Å². The van der Waals surface area contributed by atoms with Crippen LogP contribution in [0.3, 0.4) is 0 Å². The fourth-order valence-corrected chi connectivity index (χ4v) is 1.28. The van der Waals surface area contributed by atoms with Crippen LogP contribution in [0.15, 0.2) is 49.1 Å². The maximum atomic E-state index is 8.71. The highest BCUT2D eigenvalue weighted by atomic mass is 15.3. The molecule has 0 atom stereocenters. The summed E-state index contributed by atoms with van der Waals surface area (Å²) >= 11 is 0. The van der Waals surface area contributed by atoms with Gasteiger partial charge < -0.3 is 0 Å². The summed E-state index contributed by atoms with van der Waals surface area (Å²) in [5, 5.41) is 12.7. The summed E-state index contributed by atoms with van der Waals surface area (Å²) in [5.74, 6) is 0. The van der Waals surface area contributed by atoms with E-state index in [1.165, 1.54) is 12.4 Å². The van der Waals surface area contributed by atoms with E-state index in [0.29, 0.717) is 0 Å². The summed E-state index contributed by atoms with van der Waals surface area (Å²) in [6.07, 6.45) is 4.45. The van der Waals surface area contributed by atoms with Crippen LogP contribution in [0, 0.1) is 11.3 Å². The first kappa shape index (κ1) is 9.16. The van der Waals surface area contributed by atoms with E-state index in [2.05, 4.69) is 10.1 Å². The molecule has 4 heteroatoms. The molecular formula is C11H8N4. The Bertz CT molecular complexity index is 491. The molecule has 15 heavy (non-hydrogen) atoms. The van der Waals surface area contributed by atoms with Gasteiger partial charge in [0.25, 0.3) is 0 Å². The maximum absolute atomic E-state index is 8.71. The van der Waals surface area contributed by atoms with E-state index < -0.39 is 0 Å². The molecule has 0 saturated heterocycles. The van der Waals surface area contributed by atoms with E-state index in [1.807, 2.05) is 36.4 Å². The molecule has 0 fully saturated rings. The molecule has 2 rings (SSSR count). The lowest BCUT2D eigenvalue weighted by molar-refractivity contribution is 0.903. The first-order chi connectivity index (χ1) is 7.42. The van der Waals surface area contributed by atoms with Crippen molar-refractivity contribution in [2.75, 3.05) is 0 Å². The molecule has 72 valence electrons. The van der Waals surface area contributed by atoms with E-state index in [-0.39, 0.29) is 0 Å². The predicted molar refractivity (Wildman–Crippen MR) is 55.5 cm³/mol. The van der Waals surface area contributed by atoms with Gasteiger partial charge in [-0.2, -0.15) is 10.4 Å². The third kappa shape index (κ3) is 1.92. The molecule has 0 spiro atoms. The van der Waals surface area contributed by atoms with Gasteiger partial charge in [0.15, 0.2) is 0 Å². The third-order valence-corrected chi connectivity index (χ3v) is 1.94. The number of rotatable bonds is 2. The number of nitriles is 1. The Morgan fingerprint density at radius 3 is 2.73 bits per heavy atom. The van der Waals surface area contributed by atoms with E-state index in [1.54, 1.807) is 11.0 Å². The van der Waals surface area contributed by atoms with Crippen LogP contribution >= 0.6 is 0 Å². The summed E-state index contributed by atoms with van der Waals surface area (Å²) in [6, 6.07) is 11.6. The summed E-state index contributed by atoms with van der Waals surface area (Å²) < 4.78 is 1.57. The van der Waals surface area contributed by atoms with Crippen molar-refractivity contribution in [3.8, 4) is 6.07 Å². The quantitative estimate of drug-likeness (QED) is 0.687. The number of hydrogen-bond acceptors (Lipinski definition) is 3. The number of hydrogen-bond donors (Lipinski definition) is 0. The van der Waals surface area contributed by atoms with Crippen molar-refractivity contribution in [1.29, 1.82) is 5.26 Å². The largest absolute Gasteiger partial charge is 0.223 e. The van der Waals surface area contributed by atoms with E-state index in [4.69, 9.17) is 5.26 Å². The topological polar surface area (TPSA) is 54.5 Å². The molecule has 0 unspecified atom stereocenters. The van der Waals surface area contributed by atoms with Gasteiger partial charge in [-0.15, -0.1) is 0 Å². The number of aromatic nitrogens is 3. The smallest absolute Gasteiger partial charge is 0.138 e. The van der Waals surface area contributed by atoms with Crippen LogP contribution in [0.1, 0.15) is 5.56 Å². The SMILES string of the molecule is N#C/C=C(/c1ccccc1)n1cncn1. The van der Waals surface area contributed by atoms with E-state index in [9.17, 15) is 0 Å². The Morgan fingerprint density at radius 2 is 2.13 bits per heavy atom. The summed E-state index contributed by atoms with van der Waals surface area (Å²) in [6.45, 7) is 0. The molecule has 0 amide bonds. The standard InChI is InChI=1S/C11H8N4/c12-7-6-11(15-9-13-8-14-15)10-4-2-1-3-5-10/h1-6,8-9H/b11-6-. The van der Waals surface area contributed by atoms with Crippen molar-refractivity contribution < 1.29 is 0 Å². The molecule has 0 bridgehead atoms. The van der Waals surface area contributed by atoms with Crippen molar-refractivity contribution >= 4 is 5.70 Å². The van der Waals surface area contributed by atoms with Crippen LogP contribution < -0.4 is 0 Å². The average molecular weight is 196 g/mol. The molecule has 4 nitrogen and oxygen atoms in total. The van der Waals surface area contributed by atoms with Gasteiger partial charge in [-0.3, -0.25) is 0 Å². The average Bonchev–Trinajstić information content (AvgIpc) is 2.80. The molecule has 1 aromatic heterocycles. The fourth-order valence-electron chi connectivity index (χ4n) is 1.28. The van der Waals surface area contributed by atoms with Gasteiger partial charge in [0.1, 0.15) is 12.7 Å². The summed E-state index contributed by atoms with van der Waals surface area (Å²) in [7, 11) is 0. The lowest BCUT2D eigenvalue weighted by atomic mass is 10.1. The highest BCUT2D eigenvalue weighted by Gasteiger charge is 2.03. The normalized spacial score (nSPS) is 11.0. The Hall–Kier alpha value is -2.41. The summed E-state index contributed by atoms with van der Waals surface area (Å²) in [5.41, 5.74) is 1.65. The van der Waals surface area contributed by atoms with Gasteiger partial charge in [-0.25, -0.2) is 9.67 Å². The van der Waals surface area contributed by atoms with Gasteiger partial charge in [-0.1, -0.05) is 30.3 Å². The molecule has 2 aromatic rings. The number of benzene rings is 1. The molecule has 1 aromatic carbocycles. The van der Waals surface area contributed by atoms with E-state index >= 15 is 0 Å². The molecule has 0 aliphatic rings. The van der Waals surface area contributed by atoms with Crippen LogP contribution in [0.25, 0.3) is 5.70 Å². The van der Waals surface area contributed by atoms with Gasteiger partial charge >= 0.3 is 0 Å². The van der Waals surface area contributed by atoms with Gasteiger partial charge in [0, 0.05) is 11.6 Å². The van der Waals surface area contributed by atoms with Crippen LogP contribution in [-0.4, -0.2) is 14.8 Å². The van der Waals surface area contributed by atoms with Crippen LogP contribution in [0.5, 0.6) is 0 Å². The maximum Gasteiger partial charge on any atom is 0.138 e. The second-order valence-electron chi connectivity index (χ2n) is 2.86. The zero-order chi connectivity index (χ0) is 10.5. The molecule has 0 aliphatic carbocycles. The Balaban J connectivity index is 2.48.